The van der Waals surface area contributed by atoms with E-state index in [2.05, 4.69) is 19.2 Å². The number of nitrogens with one attached hydrogen (secondary N) is 1. The van der Waals surface area contributed by atoms with Crippen molar-refractivity contribution in [2.45, 2.75) is 45.1 Å². The van der Waals surface area contributed by atoms with Crippen LogP contribution in [-0.4, -0.2) is 25.8 Å². The molecule has 2 nitrogen and oxygen atoms in total. The summed E-state index contributed by atoms with van der Waals surface area (Å²) in [6.45, 7) is 6.61. The first-order chi connectivity index (χ1) is 6.18. The Morgan fingerprint density at radius 3 is 2.38 bits per heavy atom. The van der Waals surface area contributed by atoms with Gasteiger partial charge in [-0.05, 0) is 25.3 Å². The molecule has 0 heterocycles. The van der Waals surface area contributed by atoms with Crippen LogP contribution in [0.5, 0.6) is 0 Å². The zero-order valence-electron chi connectivity index (χ0n) is 9.23. The van der Waals surface area contributed by atoms with Gasteiger partial charge in [0.15, 0.2) is 0 Å². The molecule has 2 heteroatoms. The summed E-state index contributed by atoms with van der Waals surface area (Å²) >= 11 is 0. The molecule has 1 saturated carbocycles. The Morgan fingerprint density at radius 1 is 1.31 bits per heavy atom. The van der Waals surface area contributed by atoms with Crippen molar-refractivity contribution in [3.8, 4) is 0 Å². The van der Waals surface area contributed by atoms with Gasteiger partial charge in [-0.2, -0.15) is 0 Å². The quantitative estimate of drug-likeness (QED) is 0.709. The standard InChI is InChI=1S/C11H23NO/c1-10(2)8-12-9-11(13-3)6-4-5-7-11/h10,12H,4-9H2,1-3H3. The number of methoxy groups -OCH3 is 1. The molecule has 0 bridgehead atoms. The van der Waals surface area contributed by atoms with Crippen LogP contribution in [0.4, 0.5) is 0 Å². The molecule has 0 aliphatic heterocycles. The highest BCUT2D eigenvalue weighted by molar-refractivity contribution is 4.88. The van der Waals surface area contributed by atoms with Crippen LogP contribution in [0.2, 0.25) is 0 Å². The lowest BCUT2D eigenvalue weighted by molar-refractivity contribution is -0.00352. The van der Waals surface area contributed by atoms with E-state index in [9.17, 15) is 0 Å². The molecule has 0 aromatic carbocycles. The first-order valence-electron chi connectivity index (χ1n) is 5.44. The van der Waals surface area contributed by atoms with E-state index in [0.29, 0.717) is 0 Å². The van der Waals surface area contributed by atoms with Gasteiger partial charge in [-0.25, -0.2) is 0 Å². The Hall–Kier alpha value is -0.0800. The second kappa shape index (κ2) is 4.97. The fourth-order valence-corrected chi connectivity index (χ4v) is 2.06. The van der Waals surface area contributed by atoms with Crippen molar-refractivity contribution in [2.24, 2.45) is 5.92 Å². The van der Waals surface area contributed by atoms with Crippen molar-refractivity contribution in [1.29, 1.82) is 0 Å². The average molecular weight is 185 g/mol. The Morgan fingerprint density at radius 2 is 1.92 bits per heavy atom. The lowest BCUT2D eigenvalue weighted by Gasteiger charge is -2.28. The molecule has 13 heavy (non-hydrogen) atoms. The van der Waals surface area contributed by atoms with Crippen molar-refractivity contribution < 1.29 is 4.74 Å². The molecule has 0 amide bonds. The maximum Gasteiger partial charge on any atom is 0.0802 e. The van der Waals surface area contributed by atoms with Gasteiger partial charge >= 0.3 is 0 Å². The van der Waals surface area contributed by atoms with Crippen LogP contribution in [-0.2, 0) is 4.74 Å². The fraction of sp³-hybridized carbons (Fsp3) is 1.00. The average Bonchev–Trinajstić information content (AvgIpc) is 2.53. The Kier molecular flexibility index (Phi) is 4.20. The summed E-state index contributed by atoms with van der Waals surface area (Å²) < 4.78 is 5.62. The highest BCUT2D eigenvalue weighted by Crippen LogP contribution is 2.31. The van der Waals surface area contributed by atoms with E-state index in [1.54, 1.807) is 0 Å². The molecule has 1 fully saturated rings. The zero-order chi connectivity index (χ0) is 9.73. The number of hydrogen-bond acceptors (Lipinski definition) is 2. The van der Waals surface area contributed by atoms with Gasteiger partial charge < -0.3 is 10.1 Å². The molecular weight excluding hydrogens is 162 g/mol. The molecule has 0 unspecified atom stereocenters. The van der Waals surface area contributed by atoms with E-state index in [1.165, 1.54) is 25.7 Å². The molecule has 0 aromatic heterocycles. The number of rotatable bonds is 5. The second-order valence-corrected chi connectivity index (χ2v) is 4.62. The minimum atomic E-state index is 0.162. The van der Waals surface area contributed by atoms with Crippen LogP contribution in [0, 0.1) is 5.92 Å². The minimum absolute atomic E-state index is 0.162. The number of hydrogen-bond donors (Lipinski definition) is 1. The van der Waals surface area contributed by atoms with Crippen molar-refractivity contribution in [3.05, 3.63) is 0 Å². The number of ether oxygens (including phenoxy) is 1. The predicted molar refractivity (Wildman–Crippen MR) is 55.9 cm³/mol. The van der Waals surface area contributed by atoms with Crippen LogP contribution in [0.15, 0.2) is 0 Å². The van der Waals surface area contributed by atoms with E-state index in [1.807, 2.05) is 7.11 Å². The first kappa shape index (κ1) is 11.0. The lowest BCUT2D eigenvalue weighted by atomic mass is 10.0. The maximum atomic E-state index is 5.62. The Labute approximate surface area is 82.0 Å². The molecular formula is C11H23NO. The first-order valence-corrected chi connectivity index (χ1v) is 5.44. The summed E-state index contributed by atoms with van der Waals surface area (Å²) in [4.78, 5) is 0. The monoisotopic (exact) mass is 185 g/mol. The highest BCUT2D eigenvalue weighted by atomic mass is 16.5. The third kappa shape index (κ3) is 3.28. The molecule has 1 aliphatic carbocycles. The predicted octanol–water partition coefficient (Wildman–Crippen LogP) is 2.19. The van der Waals surface area contributed by atoms with Gasteiger partial charge in [-0.15, -0.1) is 0 Å². The normalized spacial score (nSPS) is 21.2. The van der Waals surface area contributed by atoms with Crippen molar-refractivity contribution in [3.63, 3.8) is 0 Å². The lowest BCUT2D eigenvalue weighted by Crippen LogP contribution is -2.41. The van der Waals surface area contributed by atoms with Gasteiger partial charge in [0.25, 0.3) is 0 Å². The largest absolute Gasteiger partial charge is 0.377 e. The Balaban J connectivity index is 2.23. The van der Waals surface area contributed by atoms with E-state index in [0.717, 1.165) is 19.0 Å². The fourth-order valence-electron chi connectivity index (χ4n) is 2.06. The molecule has 0 aromatic rings. The SMILES string of the molecule is COC1(CNCC(C)C)CCCC1. The van der Waals surface area contributed by atoms with Gasteiger partial charge in [0, 0.05) is 13.7 Å². The van der Waals surface area contributed by atoms with E-state index in [-0.39, 0.29) is 5.60 Å². The van der Waals surface area contributed by atoms with Crippen LogP contribution in [0.3, 0.4) is 0 Å². The summed E-state index contributed by atoms with van der Waals surface area (Å²) in [5.74, 6) is 0.732. The highest BCUT2D eigenvalue weighted by Gasteiger charge is 2.32. The molecule has 78 valence electrons. The van der Waals surface area contributed by atoms with Crippen LogP contribution >= 0.6 is 0 Å². The van der Waals surface area contributed by atoms with Gasteiger partial charge in [0.05, 0.1) is 5.60 Å². The minimum Gasteiger partial charge on any atom is -0.377 e. The van der Waals surface area contributed by atoms with E-state index in [4.69, 9.17) is 4.74 Å². The van der Waals surface area contributed by atoms with E-state index >= 15 is 0 Å². The molecule has 0 spiro atoms. The zero-order valence-corrected chi connectivity index (χ0v) is 9.23. The second-order valence-electron chi connectivity index (χ2n) is 4.62. The van der Waals surface area contributed by atoms with Gasteiger partial charge in [-0.3, -0.25) is 0 Å². The topological polar surface area (TPSA) is 21.3 Å². The molecule has 0 radical (unpaired) electrons. The maximum absolute atomic E-state index is 5.62. The molecule has 0 atom stereocenters. The van der Waals surface area contributed by atoms with Gasteiger partial charge in [0.1, 0.15) is 0 Å². The van der Waals surface area contributed by atoms with Crippen LogP contribution in [0.1, 0.15) is 39.5 Å². The smallest absolute Gasteiger partial charge is 0.0802 e. The summed E-state index contributed by atoms with van der Waals surface area (Å²) in [6.07, 6.45) is 5.12. The summed E-state index contributed by atoms with van der Waals surface area (Å²) in [5.41, 5.74) is 0.162. The Bertz CT molecular complexity index is 139. The third-order valence-corrected chi connectivity index (χ3v) is 2.95. The van der Waals surface area contributed by atoms with Crippen molar-refractivity contribution in [2.75, 3.05) is 20.2 Å². The van der Waals surface area contributed by atoms with Gasteiger partial charge in [0.2, 0.25) is 0 Å². The van der Waals surface area contributed by atoms with Crippen molar-refractivity contribution in [1.82, 2.24) is 5.32 Å². The van der Waals surface area contributed by atoms with Crippen molar-refractivity contribution >= 4 is 0 Å². The van der Waals surface area contributed by atoms with Gasteiger partial charge in [-0.1, -0.05) is 26.7 Å². The summed E-state index contributed by atoms with van der Waals surface area (Å²) in [5, 5.41) is 3.49. The molecule has 0 saturated heterocycles. The molecule has 1 rings (SSSR count). The molecule has 1 N–H and O–H groups in total. The molecule has 1 aliphatic rings. The van der Waals surface area contributed by atoms with Crippen LogP contribution < -0.4 is 5.32 Å². The summed E-state index contributed by atoms with van der Waals surface area (Å²) in [6, 6.07) is 0. The van der Waals surface area contributed by atoms with E-state index < -0.39 is 0 Å². The third-order valence-electron chi connectivity index (χ3n) is 2.95. The summed E-state index contributed by atoms with van der Waals surface area (Å²) in [7, 11) is 1.85. The van der Waals surface area contributed by atoms with Crippen LogP contribution in [0.25, 0.3) is 0 Å².